The zero-order valence-electron chi connectivity index (χ0n) is 19.2. The van der Waals surface area contributed by atoms with E-state index in [0.29, 0.717) is 12.5 Å². The summed E-state index contributed by atoms with van der Waals surface area (Å²) in [5.74, 6) is 1.94. The third-order valence-electron chi connectivity index (χ3n) is 6.49. The summed E-state index contributed by atoms with van der Waals surface area (Å²) in [5.41, 5.74) is 5.04. The number of allylic oxidation sites excluding steroid dienone is 1. The molecule has 31 heavy (non-hydrogen) atoms. The van der Waals surface area contributed by atoms with Gasteiger partial charge in [0.05, 0.1) is 6.61 Å². The van der Waals surface area contributed by atoms with Crippen molar-refractivity contribution in [1.82, 2.24) is 0 Å². The maximum absolute atomic E-state index is 9.81. The maximum atomic E-state index is 9.81. The van der Waals surface area contributed by atoms with Crippen LogP contribution in [-0.4, -0.2) is 18.3 Å². The first-order valence-corrected chi connectivity index (χ1v) is 12.0. The Hall–Kier alpha value is -2.32. The summed E-state index contributed by atoms with van der Waals surface area (Å²) in [5, 5.41) is 9.81. The van der Waals surface area contributed by atoms with Gasteiger partial charge in [0.15, 0.2) is 0 Å². The first-order chi connectivity index (χ1) is 15.2. The Morgan fingerprint density at radius 1 is 1.00 bits per heavy atom. The Bertz CT molecular complexity index is 824. The van der Waals surface area contributed by atoms with Crippen LogP contribution in [0.3, 0.4) is 0 Å². The minimum absolute atomic E-state index is 0.0378. The lowest BCUT2D eigenvalue weighted by molar-refractivity contribution is 0.333. The highest BCUT2D eigenvalue weighted by molar-refractivity contribution is 5.32. The van der Waals surface area contributed by atoms with E-state index in [1.807, 2.05) is 12.2 Å². The average Bonchev–Trinajstić information content (AvgIpc) is 2.85. The van der Waals surface area contributed by atoms with Crippen molar-refractivity contribution in [3.8, 4) is 5.75 Å². The maximum Gasteiger partial charge on any atom is 0.119 e. The molecule has 2 heteroatoms. The second-order valence-corrected chi connectivity index (χ2v) is 8.63. The molecule has 1 N–H and O–H groups in total. The summed E-state index contributed by atoms with van der Waals surface area (Å²) in [6.07, 6.45) is 15.0. The predicted octanol–water partition coefficient (Wildman–Crippen LogP) is 7.34. The second kappa shape index (κ2) is 12.5. The predicted molar refractivity (Wildman–Crippen MR) is 131 cm³/mol. The first-order valence-electron chi connectivity index (χ1n) is 12.0. The summed E-state index contributed by atoms with van der Waals surface area (Å²) >= 11 is 0. The normalized spacial score (nSPS) is 16.5. The van der Waals surface area contributed by atoms with E-state index >= 15 is 0 Å². The molecule has 166 valence electrons. The molecule has 1 unspecified atom stereocenters. The Labute approximate surface area is 188 Å². The van der Waals surface area contributed by atoms with Crippen LogP contribution in [0, 0.1) is 0 Å². The van der Waals surface area contributed by atoms with Crippen LogP contribution in [0.2, 0.25) is 0 Å². The number of hydrogen-bond donors (Lipinski definition) is 1. The van der Waals surface area contributed by atoms with E-state index in [-0.39, 0.29) is 6.61 Å². The van der Waals surface area contributed by atoms with Crippen molar-refractivity contribution in [3.05, 3.63) is 89.0 Å². The molecule has 0 saturated heterocycles. The van der Waals surface area contributed by atoms with Crippen LogP contribution < -0.4 is 4.74 Å². The highest BCUT2D eigenvalue weighted by Gasteiger charge is 2.15. The molecule has 0 heterocycles. The fourth-order valence-corrected chi connectivity index (χ4v) is 4.49. The van der Waals surface area contributed by atoms with Crippen LogP contribution in [0.5, 0.6) is 5.75 Å². The van der Waals surface area contributed by atoms with Gasteiger partial charge >= 0.3 is 0 Å². The zero-order valence-corrected chi connectivity index (χ0v) is 19.2. The Balaban J connectivity index is 1.53. The van der Waals surface area contributed by atoms with Crippen LogP contribution in [0.1, 0.15) is 80.9 Å². The summed E-state index contributed by atoms with van der Waals surface area (Å²) < 4.78 is 5.89. The molecule has 0 bridgehead atoms. The van der Waals surface area contributed by atoms with Gasteiger partial charge in [0.1, 0.15) is 12.4 Å². The van der Waals surface area contributed by atoms with Crippen molar-refractivity contribution in [2.24, 2.45) is 0 Å². The number of benzene rings is 2. The van der Waals surface area contributed by atoms with E-state index in [1.165, 1.54) is 48.8 Å². The lowest BCUT2D eigenvalue weighted by atomic mass is 9.84. The Morgan fingerprint density at radius 2 is 1.71 bits per heavy atom. The van der Waals surface area contributed by atoms with Gasteiger partial charge in [-0.3, -0.25) is 0 Å². The molecular weight excluding hydrogens is 380 g/mol. The first kappa shape index (κ1) is 23.3. The lowest BCUT2D eigenvalue weighted by Gasteiger charge is -2.22. The van der Waals surface area contributed by atoms with Crippen molar-refractivity contribution in [2.45, 2.75) is 70.6 Å². The minimum atomic E-state index is 0.0378. The summed E-state index contributed by atoms with van der Waals surface area (Å²) in [6, 6.07) is 17.5. The quantitative estimate of drug-likeness (QED) is 0.409. The molecule has 0 amide bonds. The monoisotopic (exact) mass is 418 g/mol. The topological polar surface area (TPSA) is 29.5 Å². The Morgan fingerprint density at radius 3 is 2.32 bits per heavy atom. The molecule has 1 aliphatic rings. The van der Waals surface area contributed by atoms with Gasteiger partial charge in [-0.2, -0.15) is 0 Å². The van der Waals surface area contributed by atoms with E-state index < -0.39 is 0 Å². The molecule has 1 saturated carbocycles. The van der Waals surface area contributed by atoms with Gasteiger partial charge in [-0.1, -0.05) is 81.7 Å². The largest absolute Gasteiger partial charge is 0.490 e. The second-order valence-electron chi connectivity index (χ2n) is 8.63. The molecule has 1 aliphatic carbocycles. The van der Waals surface area contributed by atoms with Crippen LogP contribution in [-0.2, 0) is 6.42 Å². The van der Waals surface area contributed by atoms with Crippen LogP contribution in [0.4, 0.5) is 0 Å². The third kappa shape index (κ3) is 7.11. The van der Waals surface area contributed by atoms with E-state index in [0.717, 1.165) is 30.1 Å². The van der Waals surface area contributed by atoms with E-state index in [9.17, 15) is 5.11 Å². The van der Waals surface area contributed by atoms with Gasteiger partial charge in [-0.05, 0) is 72.1 Å². The zero-order chi connectivity index (χ0) is 21.9. The van der Waals surface area contributed by atoms with Crippen molar-refractivity contribution in [1.29, 1.82) is 0 Å². The lowest BCUT2D eigenvalue weighted by Crippen LogP contribution is -2.04. The summed E-state index contributed by atoms with van der Waals surface area (Å²) in [7, 11) is 0. The van der Waals surface area contributed by atoms with Crippen LogP contribution >= 0.6 is 0 Å². The molecular formula is C29H38O2. The highest BCUT2D eigenvalue weighted by Crippen LogP contribution is 2.33. The van der Waals surface area contributed by atoms with Gasteiger partial charge < -0.3 is 9.84 Å². The fourth-order valence-electron chi connectivity index (χ4n) is 4.49. The molecule has 2 aromatic rings. The molecule has 1 fully saturated rings. The minimum Gasteiger partial charge on any atom is -0.490 e. The molecule has 2 aromatic carbocycles. The number of ether oxygens (including phenoxy) is 1. The summed E-state index contributed by atoms with van der Waals surface area (Å²) in [6.45, 7) is 4.90. The molecule has 1 atom stereocenters. The molecule has 0 spiro atoms. The number of aliphatic hydroxyl groups excluding tert-OH is 1. The standard InChI is InChI=1S/C29H38O2/c1-3-23-12-14-27(15-13-23)25(4-2)21-24(22-30)9-8-20-31-29-18-16-28(17-19-29)26-10-6-5-7-11-26/h8-9,12-19,21,25-26,30H,3-7,10-11,20,22H2,1-2H3/b9-8-,24-21+. The van der Waals surface area contributed by atoms with Crippen LogP contribution in [0.15, 0.2) is 72.3 Å². The number of aryl methyl sites for hydroxylation is 1. The van der Waals surface area contributed by atoms with Crippen molar-refractivity contribution >= 4 is 0 Å². The summed E-state index contributed by atoms with van der Waals surface area (Å²) in [4.78, 5) is 0. The number of rotatable bonds is 10. The van der Waals surface area contributed by atoms with Crippen molar-refractivity contribution in [2.75, 3.05) is 13.2 Å². The van der Waals surface area contributed by atoms with Gasteiger partial charge in [-0.15, -0.1) is 0 Å². The Kier molecular flexibility index (Phi) is 9.42. The SMILES string of the molecule is CCc1ccc(C(/C=C(\C=C/COc2ccc(C3CCCCC3)cc2)CO)CC)cc1. The third-order valence-corrected chi connectivity index (χ3v) is 6.49. The van der Waals surface area contributed by atoms with Crippen LogP contribution in [0.25, 0.3) is 0 Å². The van der Waals surface area contributed by atoms with E-state index in [4.69, 9.17) is 4.74 Å². The van der Waals surface area contributed by atoms with Gasteiger partial charge in [0, 0.05) is 5.92 Å². The smallest absolute Gasteiger partial charge is 0.119 e. The van der Waals surface area contributed by atoms with Crippen molar-refractivity contribution in [3.63, 3.8) is 0 Å². The van der Waals surface area contributed by atoms with E-state index in [1.54, 1.807) is 0 Å². The molecule has 0 aliphatic heterocycles. The average molecular weight is 419 g/mol. The number of hydrogen-bond acceptors (Lipinski definition) is 2. The molecule has 3 rings (SSSR count). The molecule has 0 aromatic heterocycles. The van der Waals surface area contributed by atoms with Gasteiger partial charge in [0.2, 0.25) is 0 Å². The number of aliphatic hydroxyl groups is 1. The fraction of sp³-hybridized carbons (Fsp3) is 0.448. The molecule has 0 radical (unpaired) electrons. The highest BCUT2D eigenvalue weighted by atomic mass is 16.5. The van der Waals surface area contributed by atoms with Crippen molar-refractivity contribution < 1.29 is 9.84 Å². The molecule has 2 nitrogen and oxygen atoms in total. The van der Waals surface area contributed by atoms with E-state index in [2.05, 4.69) is 68.5 Å². The van der Waals surface area contributed by atoms with Gasteiger partial charge in [-0.25, -0.2) is 0 Å². The van der Waals surface area contributed by atoms with Gasteiger partial charge in [0.25, 0.3) is 0 Å².